The van der Waals surface area contributed by atoms with Crippen molar-refractivity contribution in [1.29, 1.82) is 0 Å². The minimum absolute atomic E-state index is 0.0719. The Morgan fingerprint density at radius 3 is 2.70 bits per heavy atom. The minimum Gasteiger partial charge on any atom is -0.496 e. The maximum absolute atomic E-state index is 12.4. The van der Waals surface area contributed by atoms with Gasteiger partial charge in [-0.3, -0.25) is 14.4 Å². The SMILES string of the molecule is COC(=O)C1CN(C(=O)CCc2ccccc2OC)CCC1=O. The number of likely N-dealkylation sites (tertiary alicyclic amines) is 1. The topological polar surface area (TPSA) is 72.9 Å². The zero-order chi connectivity index (χ0) is 16.8. The summed E-state index contributed by atoms with van der Waals surface area (Å²) < 4.78 is 9.90. The largest absolute Gasteiger partial charge is 0.496 e. The van der Waals surface area contributed by atoms with E-state index in [2.05, 4.69) is 4.74 Å². The Labute approximate surface area is 135 Å². The molecule has 1 amide bonds. The molecule has 1 unspecified atom stereocenters. The predicted octanol–water partition coefficient (Wildman–Crippen LogP) is 1.22. The molecule has 0 saturated carbocycles. The van der Waals surface area contributed by atoms with E-state index in [0.717, 1.165) is 11.3 Å². The highest BCUT2D eigenvalue weighted by Gasteiger charge is 2.35. The normalized spacial score (nSPS) is 17.7. The van der Waals surface area contributed by atoms with Gasteiger partial charge in [0, 0.05) is 25.9 Å². The molecule has 1 heterocycles. The fraction of sp³-hybridized carbons (Fsp3) is 0.471. The van der Waals surface area contributed by atoms with Crippen LogP contribution in [0.15, 0.2) is 24.3 Å². The second kappa shape index (κ2) is 7.76. The highest BCUT2D eigenvalue weighted by Crippen LogP contribution is 2.20. The van der Waals surface area contributed by atoms with Crippen molar-refractivity contribution in [3.05, 3.63) is 29.8 Å². The van der Waals surface area contributed by atoms with E-state index >= 15 is 0 Å². The average molecular weight is 319 g/mol. The number of ether oxygens (including phenoxy) is 2. The molecule has 1 atom stereocenters. The zero-order valence-electron chi connectivity index (χ0n) is 13.4. The van der Waals surface area contributed by atoms with Crippen LogP contribution in [-0.2, 0) is 25.5 Å². The van der Waals surface area contributed by atoms with Crippen molar-refractivity contribution in [2.75, 3.05) is 27.3 Å². The monoisotopic (exact) mass is 319 g/mol. The molecule has 1 aliphatic rings. The van der Waals surface area contributed by atoms with Crippen LogP contribution in [0.4, 0.5) is 0 Å². The number of carbonyl (C=O) groups excluding carboxylic acids is 3. The van der Waals surface area contributed by atoms with Crippen molar-refractivity contribution in [2.24, 2.45) is 5.92 Å². The molecule has 1 fully saturated rings. The van der Waals surface area contributed by atoms with E-state index in [1.54, 1.807) is 12.0 Å². The summed E-state index contributed by atoms with van der Waals surface area (Å²) in [4.78, 5) is 37.3. The average Bonchev–Trinajstić information content (AvgIpc) is 2.59. The number of benzene rings is 1. The fourth-order valence-corrected chi connectivity index (χ4v) is 2.72. The van der Waals surface area contributed by atoms with Crippen LogP contribution in [0.3, 0.4) is 0 Å². The van der Waals surface area contributed by atoms with Gasteiger partial charge in [-0.1, -0.05) is 18.2 Å². The van der Waals surface area contributed by atoms with Crippen LogP contribution in [0, 0.1) is 5.92 Å². The van der Waals surface area contributed by atoms with Crippen molar-refractivity contribution >= 4 is 17.7 Å². The van der Waals surface area contributed by atoms with Crippen LogP contribution in [-0.4, -0.2) is 49.9 Å². The van der Waals surface area contributed by atoms with Crippen LogP contribution in [0.1, 0.15) is 18.4 Å². The van der Waals surface area contributed by atoms with Crippen LogP contribution in [0.5, 0.6) is 5.75 Å². The molecule has 6 heteroatoms. The molecule has 1 saturated heterocycles. The van der Waals surface area contributed by atoms with Crippen molar-refractivity contribution in [1.82, 2.24) is 4.90 Å². The number of aryl methyl sites for hydroxylation is 1. The molecule has 0 bridgehead atoms. The van der Waals surface area contributed by atoms with Crippen LogP contribution in [0.25, 0.3) is 0 Å². The Hall–Kier alpha value is -2.37. The lowest BCUT2D eigenvalue weighted by Crippen LogP contribution is -2.47. The van der Waals surface area contributed by atoms with Gasteiger partial charge in [-0.2, -0.15) is 0 Å². The lowest BCUT2D eigenvalue weighted by molar-refractivity contribution is -0.153. The Morgan fingerprint density at radius 2 is 2.00 bits per heavy atom. The van der Waals surface area contributed by atoms with Gasteiger partial charge in [0.15, 0.2) is 5.78 Å². The van der Waals surface area contributed by atoms with E-state index in [4.69, 9.17) is 4.74 Å². The number of esters is 1. The Balaban J connectivity index is 1.95. The number of hydrogen-bond acceptors (Lipinski definition) is 5. The van der Waals surface area contributed by atoms with Gasteiger partial charge in [-0.25, -0.2) is 0 Å². The summed E-state index contributed by atoms with van der Waals surface area (Å²) in [5.41, 5.74) is 0.959. The summed E-state index contributed by atoms with van der Waals surface area (Å²) in [6.07, 6.45) is 1.05. The Morgan fingerprint density at radius 1 is 1.26 bits per heavy atom. The number of rotatable bonds is 5. The first-order chi connectivity index (χ1) is 11.1. The van der Waals surface area contributed by atoms with Gasteiger partial charge >= 0.3 is 5.97 Å². The second-order valence-electron chi connectivity index (χ2n) is 5.44. The third kappa shape index (κ3) is 4.09. The molecule has 0 N–H and O–H groups in total. The maximum Gasteiger partial charge on any atom is 0.318 e. The van der Waals surface area contributed by atoms with Crippen LogP contribution in [0.2, 0.25) is 0 Å². The first-order valence-corrected chi connectivity index (χ1v) is 7.57. The molecule has 0 spiro atoms. The molecular formula is C17H21NO5. The summed E-state index contributed by atoms with van der Waals surface area (Å²) in [5, 5.41) is 0. The minimum atomic E-state index is -0.857. The first kappa shape index (κ1) is 17.0. The predicted molar refractivity (Wildman–Crippen MR) is 83.0 cm³/mol. The van der Waals surface area contributed by atoms with Crippen LogP contribution < -0.4 is 4.74 Å². The van der Waals surface area contributed by atoms with Gasteiger partial charge in [0.2, 0.25) is 5.91 Å². The highest BCUT2D eigenvalue weighted by molar-refractivity contribution is 6.00. The number of nitrogens with zero attached hydrogens (tertiary/aromatic N) is 1. The molecule has 0 aromatic heterocycles. The Kier molecular flexibility index (Phi) is 5.73. The quantitative estimate of drug-likeness (QED) is 0.603. The molecule has 124 valence electrons. The van der Waals surface area contributed by atoms with Gasteiger partial charge in [-0.05, 0) is 18.1 Å². The molecule has 2 rings (SSSR count). The number of amides is 1. The number of para-hydroxylation sites is 1. The summed E-state index contributed by atoms with van der Waals surface area (Å²) in [7, 11) is 2.84. The lowest BCUT2D eigenvalue weighted by atomic mass is 9.96. The zero-order valence-corrected chi connectivity index (χ0v) is 13.4. The number of piperidine rings is 1. The number of ketones is 1. The maximum atomic E-state index is 12.4. The van der Waals surface area contributed by atoms with E-state index in [1.165, 1.54) is 7.11 Å². The smallest absolute Gasteiger partial charge is 0.318 e. The molecule has 6 nitrogen and oxygen atoms in total. The molecule has 1 aromatic carbocycles. The van der Waals surface area contributed by atoms with Crippen molar-refractivity contribution in [3.63, 3.8) is 0 Å². The number of carbonyl (C=O) groups is 3. The molecular weight excluding hydrogens is 298 g/mol. The number of Topliss-reactive ketones (excluding diaryl/α,β-unsaturated/α-hetero) is 1. The van der Waals surface area contributed by atoms with Gasteiger partial charge in [0.25, 0.3) is 0 Å². The van der Waals surface area contributed by atoms with E-state index < -0.39 is 11.9 Å². The standard InChI is InChI=1S/C17H21NO5/c1-22-15-6-4-3-5-12(15)7-8-16(20)18-10-9-14(19)13(11-18)17(21)23-2/h3-6,13H,7-11H2,1-2H3. The van der Waals surface area contributed by atoms with Gasteiger partial charge < -0.3 is 14.4 Å². The lowest BCUT2D eigenvalue weighted by Gasteiger charge is -2.30. The van der Waals surface area contributed by atoms with E-state index in [1.807, 2.05) is 24.3 Å². The summed E-state index contributed by atoms with van der Waals surface area (Å²) in [6, 6.07) is 7.55. The number of hydrogen-bond donors (Lipinski definition) is 0. The van der Waals surface area contributed by atoms with E-state index in [0.29, 0.717) is 19.4 Å². The third-order valence-electron chi connectivity index (χ3n) is 4.06. The van der Waals surface area contributed by atoms with Crippen molar-refractivity contribution in [2.45, 2.75) is 19.3 Å². The van der Waals surface area contributed by atoms with E-state index in [-0.39, 0.29) is 24.7 Å². The summed E-state index contributed by atoms with van der Waals surface area (Å²) >= 11 is 0. The summed E-state index contributed by atoms with van der Waals surface area (Å²) in [6.45, 7) is 0.466. The highest BCUT2D eigenvalue weighted by atomic mass is 16.5. The molecule has 1 aromatic rings. The van der Waals surface area contributed by atoms with Crippen molar-refractivity contribution < 1.29 is 23.9 Å². The molecule has 0 aliphatic carbocycles. The number of methoxy groups -OCH3 is 2. The van der Waals surface area contributed by atoms with Gasteiger partial charge in [0.1, 0.15) is 11.7 Å². The van der Waals surface area contributed by atoms with Gasteiger partial charge in [-0.15, -0.1) is 0 Å². The van der Waals surface area contributed by atoms with Gasteiger partial charge in [0.05, 0.1) is 14.2 Å². The first-order valence-electron chi connectivity index (χ1n) is 7.57. The Bertz CT molecular complexity index is 590. The molecule has 0 radical (unpaired) electrons. The second-order valence-corrected chi connectivity index (χ2v) is 5.44. The van der Waals surface area contributed by atoms with Crippen LogP contribution >= 0.6 is 0 Å². The molecule has 23 heavy (non-hydrogen) atoms. The van der Waals surface area contributed by atoms with E-state index in [9.17, 15) is 14.4 Å². The fourth-order valence-electron chi connectivity index (χ4n) is 2.72. The van der Waals surface area contributed by atoms with Crippen molar-refractivity contribution in [3.8, 4) is 5.75 Å². The third-order valence-corrected chi connectivity index (χ3v) is 4.06. The summed E-state index contributed by atoms with van der Waals surface area (Å²) in [5.74, 6) is -0.911. The molecule has 1 aliphatic heterocycles.